The molecule has 0 aliphatic heterocycles. The predicted molar refractivity (Wildman–Crippen MR) is 217 cm³/mol. The van der Waals surface area contributed by atoms with E-state index in [-0.39, 0.29) is 0 Å². The van der Waals surface area contributed by atoms with E-state index in [0.29, 0.717) is 0 Å². The van der Waals surface area contributed by atoms with Crippen molar-refractivity contribution in [2.24, 2.45) is 0 Å². The normalized spacial score (nSPS) is 11.3. The Morgan fingerprint density at radius 2 is 0.346 bits per heavy atom. The lowest BCUT2D eigenvalue weighted by atomic mass is 9.94. The van der Waals surface area contributed by atoms with E-state index in [0.717, 1.165) is 44.9 Å². The minimum absolute atomic E-state index is 0.800. The molecule has 8 aromatic rings. The second kappa shape index (κ2) is 13.2. The molecule has 16 bridgehead atoms. The van der Waals surface area contributed by atoms with Crippen molar-refractivity contribution in [1.29, 1.82) is 0 Å². The van der Waals surface area contributed by atoms with Crippen molar-refractivity contribution >= 4 is 0 Å². The van der Waals surface area contributed by atoms with Gasteiger partial charge in [-0.3, -0.25) is 0 Å². The van der Waals surface area contributed by atoms with Gasteiger partial charge in [0.2, 0.25) is 0 Å². The van der Waals surface area contributed by atoms with Crippen molar-refractivity contribution in [3.05, 3.63) is 182 Å². The molecule has 0 heterocycles. The molecule has 0 unspecified atom stereocenters. The predicted octanol–water partition coefficient (Wildman–Crippen LogP) is 13.4. The number of benzene rings is 8. The lowest BCUT2D eigenvalue weighted by Gasteiger charge is -2.16. The second-order valence-electron chi connectivity index (χ2n) is 13.3. The van der Waals surface area contributed by atoms with Gasteiger partial charge >= 0.3 is 0 Å². The fraction of sp³-hybridized carbons (Fsp3) is 0.0400. The van der Waals surface area contributed by atoms with Gasteiger partial charge in [0, 0.05) is 11.1 Å². The summed E-state index contributed by atoms with van der Waals surface area (Å²) in [6.07, 6.45) is 0. The van der Waals surface area contributed by atoms with Gasteiger partial charge in [0.25, 0.3) is 0 Å². The molecular formula is C50H36O2. The average molecular weight is 669 g/mol. The minimum Gasteiger partial charge on any atom is -0.496 e. The molecule has 0 atom stereocenters. The van der Waals surface area contributed by atoms with E-state index in [1.54, 1.807) is 14.2 Å². The molecule has 0 radical (unpaired) electrons. The molecule has 0 N–H and O–H groups in total. The highest BCUT2D eigenvalue weighted by Gasteiger charge is 2.15. The summed E-state index contributed by atoms with van der Waals surface area (Å²) in [6.45, 7) is 0. The third-order valence-corrected chi connectivity index (χ3v) is 10.3. The van der Waals surface area contributed by atoms with E-state index in [9.17, 15) is 0 Å². The van der Waals surface area contributed by atoms with E-state index in [1.807, 2.05) is 0 Å². The van der Waals surface area contributed by atoms with Crippen LogP contribution in [0, 0.1) is 0 Å². The maximum atomic E-state index is 5.95. The SMILES string of the molecule is COc1cc2c(OC)cc1-c1ccc(cc1)-c1ccc(cc1)-c1ccc(cc1)-c1ccc(cc1)-c1ccc(cc1)-c1ccc(cc1)-c1ccc-2cc1. The molecule has 22 aliphatic carbocycles. The summed E-state index contributed by atoms with van der Waals surface area (Å²) in [6, 6.07) is 65.7. The monoisotopic (exact) mass is 668 g/mol. The van der Waals surface area contributed by atoms with Crippen LogP contribution in [0.4, 0.5) is 0 Å². The minimum atomic E-state index is 0.800. The Morgan fingerprint density at radius 3 is 0.481 bits per heavy atom. The van der Waals surface area contributed by atoms with Crippen LogP contribution in [0.15, 0.2) is 182 Å². The van der Waals surface area contributed by atoms with E-state index in [1.165, 1.54) is 55.6 Å². The van der Waals surface area contributed by atoms with Crippen LogP contribution in [0.5, 0.6) is 11.5 Å². The zero-order valence-electron chi connectivity index (χ0n) is 29.1. The van der Waals surface area contributed by atoms with E-state index < -0.39 is 0 Å². The van der Waals surface area contributed by atoms with Crippen LogP contribution in [0.1, 0.15) is 0 Å². The fourth-order valence-electron chi connectivity index (χ4n) is 7.31. The number of ether oxygens (including phenoxy) is 2. The van der Waals surface area contributed by atoms with Gasteiger partial charge in [-0.15, -0.1) is 0 Å². The van der Waals surface area contributed by atoms with Crippen molar-refractivity contribution in [3.8, 4) is 101 Å². The molecule has 0 fully saturated rings. The molecule has 0 spiro atoms. The van der Waals surface area contributed by atoms with Gasteiger partial charge in [0.05, 0.1) is 14.2 Å². The summed E-state index contributed by atoms with van der Waals surface area (Å²) in [5.74, 6) is 1.60. The Bertz CT molecular complexity index is 2310. The summed E-state index contributed by atoms with van der Waals surface area (Å²) < 4.78 is 11.9. The first kappa shape index (κ1) is 31.3. The Morgan fingerprint density at radius 1 is 0.212 bits per heavy atom. The first-order chi connectivity index (χ1) is 25.6. The zero-order valence-corrected chi connectivity index (χ0v) is 29.1. The molecule has 0 aromatic heterocycles. The van der Waals surface area contributed by atoms with Crippen LogP contribution < -0.4 is 9.47 Å². The molecule has 0 amide bonds. The smallest absolute Gasteiger partial charge is 0.127 e. The lowest BCUT2D eigenvalue weighted by Crippen LogP contribution is -1.94. The number of rotatable bonds is 2. The topological polar surface area (TPSA) is 18.5 Å². The zero-order chi connectivity index (χ0) is 35.0. The Labute approximate surface area is 305 Å². The van der Waals surface area contributed by atoms with Gasteiger partial charge in [-0.2, -0.15) is 0 Å². The van der Waals surface area contributed by atoms with Crippen LogP contribution in [0.3, 0.4) is 0 Å². The molecule has 2 nitrogen and oxygen atoms in total. The van der Waals surface area contributed by atoms with Gasteiger partial charge in [0.15, 0.2) is 0 Å². The van der Waals surface area contributed by atoms with Crippen molar-refractivity contribution in [1.82, 2.24) is 0 Å². The fourth-order valence-corrected chi connectivity index (χ4v) is 7.31. The van der Waals surface area contributed by atoms with Crippen molar-refractivity contribution in [3.63, 3.8) is 0 Å². The first-order valence-electron chi connectivity index (χ1n) is 17.6. The van der Waals surface area contributed by atoms with Gasteiger partial charge in [-0.1, -0.05) is 170 Å². The number of methoxy groups -OCH3 is 2. The summed E-state index contributed by atoms with van der Waals surface area (Å²) in [4.78, 5) is 0. The summed E-state index contributed by atoms with van der Waals surface area (Å²) in [5.41, 5.74) is 18.4. The van der Waals surface area contributed by atoms with E-state index in [2.05, 4.69) is 182 Å². The van der Waals surface area contributed by atoms with Crippen LogP contribution in [-0.2, 0) is 0 Å². The van der Waals surface area contributed by atoms with Crippen LogP contribution in [-0.4, -0.2) is 14.2 Å². The summed E-state index contributed by atoms with van der Waals surface area (Å²) in [7, 11) is 3.45. The van der Waals surface area contributed by atoms with Gasteiger partial charge < -0.3 is 9.47 Å². The van der Waals surface area contributed by atoms with Gasteiger partial charge in [0.1, 0.15) is 11.5 Å². The highest BCUT2D eigenvalue weighted by molar-refractivity contribution is 5.84. The Balaban J connectivity index is 1.12. The first-order valence-corrected chi connectivity index (χ1v) is 17.6. The maximum Gasteiger partial charge on any atom is 0.127 e. The van der Waals surface area contributed by atoms with E-state index >= 15 is 0 Å². The third-order valence-electron chi connectivity index (χ3n) is 10.3. The molecule has 0 saturated heterocycles. The lowest BCUT2D eigenvalue weighted by molar-refractivity contribution is 0.406. The number of hydrogen-bond acceptors (Lipinski definition) is 2. The summed E-state index contributed by atoms with van der Waals surface area (Å²) >= 11 is 0. The number of hydrogen-bond donors (Lipinski definition) is 0. The maximum absolute atomic E-state index is 5.95. The highest BCUT2D eigenvalue weighted by Crippen LogP contribution is 2.42. The van der Waals surface area contributed by atoms with Crippen molar-refractivity contribution < 1.29 is 9.47 Å². The Hall–Kier alpha value is -6.64. The van der Waals surface area contributed by atoms with Crippen molar-refractivity contribution in [2.45, 2.75) is 0 Å². The molecule has 2 heteroatoms. The molecular weight excluding hydrogens is 633 g/mol. The largest absolute Gasteiger partial charge is 0.496 e. The second-order valence-corrected chi connectivity index (χ2v) is 13.3. The molecule has 0 saturated carbocycles. The van der Waals surface area contributed by atoms with Gasteiger partial charge in [-0.25, -0.2) is 0 Å². The average Bonchev–Trinajstić information content (AvgIpc) is 3.23. The molecule has 52 heavy (non-hydrogen) atoms. The highest BCUT2D eigenvalue weighted by atomic mass is 16.5. The van der Waals surface area contributed by atoms with E-state index in [4.69, 9.17) is 9.47 Å². The molecule has 8 aromatic carbocycles. The molecule has 22 aliphatic rings. The quantitative estimate of drug-likeness (QED) is 0.183. The van der Waals surface area contributed by atoms with Crippen molar-refractivity contribution in [2.75, 3.05) is 14.2 Å². The Kier molecular flexibility index (Phi) is 7.98. The third kappa shape index (κ3) is 5.85. The summed E-state index contributed by atoms with van der Waals surface area (Å²) in [5, 5.41) is 0. The molecule has 248 valence electrons. The van der Waals surface area contributed by atoms with Crippen LogP contribution in [0.25, 0.3) is 89.0 Å². The van der Waals surface area contributed by atoms with Gasteiger partial charge in [-0.05, 0) is 90.0 Å². The van der Waals surface area contributed by atoms with Crippen LogP contribution >= 0.6 is 0 Å². The molecule has 30 rings (SSSR count). The standard InChI is InChI=1S/C50H36O2/c1-51-49-31-48-46-29-25-44(26-30-46)42-21-17-40(18-22-42)38-13-9-36(10-14-38)34-5-3-33(4-6-34)35-7-11-37(12-8-35)39-15-19-41(20-16-39)43-23-27-45(28-24-43)47(49)32-50(48)52-2/h3-32H,1-2H3. The van der Waals surface area contributed by atoms with Crippen LogP contribution in [0.2, 0.25) is 0 Å².